The van der Waals surface area contributed by atoms with Crippen molar-refractivity contribution in [1.82, 2.24) is 4.57 Å². The summed E-state index contributed by atoms with van der Waals surface area (Å²) in [4.78, 5) is 23.9. The lowest BCUT2D eigenvalue weighted by Gasteiger charge is -2.09. The van der Waals surface area contributed by atoms with Crippen LogP contribution < -0.4 is 5.56 Å². The van der Waals surface area contributed by atoms with Crippen molar-refractivity contribution < 1.29 is 9.53 Å². The average molecular weight is 294 g/mol. The summed E-state index contributed by atoms with van der Waals surface area (Å²) >= 11 is 5.89. The molecule has 0 atom stereocenters. The normalized spacial score (nSPS) is 11.0. The smallest absolute Gasteiger partial charge is 0.326 e. The monoisotopic (exact) mass is 293 g/mol. The Morgan fingerprint density at radius 2 is 2.10 bits per heavy atom. The van der Waals surface area contributed by atoms with Gasteiger partial charge in [0.25, 0.3) is 5.56 Å². The van der Waals surface area contributed by atoms with E-state index in [9.17, 15) is 9.59 Å². The van der Waals surface area contributed by atoms with E-state index in [2.05, 4.69) is 0 Å². The maximum absolute atomic E-state index is 12.3. The third kappa shape index (κ3) is 3.39. The predicted molar refractivity (Wildman–Crippen MR) is 79.0 cm³/mol. The van der Waals surface area contributed by atoms with Gasteiger partial charge in [0, 0.05) is 16.6 Å². The molecule has 0 amide bonds. The molecule has 0 spiro atoms. The van der Waals surface area contributed by atoms with Crippen LogP contribution in [0.4, 0.5) is 0 Å². The topological polar surface area (TPSA) is 48.3 Å². The van der Waals surface area contributed by atoms with Crippen molar-refractivity contribution >= 4 is 28.3 Å². The molecule has 0 aliphatic heterocycles. The fourth-order valence-corrected chi connectivity index (χ4v) is 1.99. The lowest BCUT2D eigenvalue weighted by Crippen LogP contribution is -2.25. The van der Waals surface area contributed by atoms with E-state index in [0.29, 0.717) is 17.0 Å². The molecule has 20 heavy (non-hydrogen) atoms. The summed E-state index contributed by atoms with van der Waals surface area (Å²) in [5.74, 6) is -0.145. The Kier molecular flexibility index (Phi) is 4.45. The van der Waals surface area contributed by atoms with Crippen molar-refractivity contribution in [3.8, 4) is 0 Å². The first-order chi connectivity index (χ1) is 9.47. The maximum Gasteiger partial charge on any atom is 0.326 e. The summed E-state index contributed by atoms with van der Waals surface area (Å²) in [5, 5.41) is 1.79. The van der Waals surface area contributed by atoms with Gasteiger partial charge < -0.3 is 9.30 Å². The van der Waals surface area contributed by atoms with E-state index in [4.69, 9.17) is 16.3 Å². The lowest BCUT2D eigenvalue weighted by atomic mass is 10.2. The Balaban J connectivity index is 2.25. The standard InChI is InChI=1S/C15H16ClNO3/c1-10(2)9-20-14(18)8-17-6-5-11-3-4-12(16)7-13(11)15(17)19/h3-7,10H,8-9H2,1-2H3. The number of benzene rings is 1. The van der Waals surface area contributed by atoms with E-state index in [1.807, 2.05) is 13.8 Å². The maximum atomic E-state index is 12.3. The van der Waals surface area contributed by atoms with Gasteiger partial charge in [0.2, 0.25) is 0 Å². The number of hydrogen-bond donors (Lipinski definition) is 0. The third-order valence-electron chi connectivity index (χ3n) is 2.82. The highest BCUT2D eigenvalue weighted by molar-refractivity contribution is 6.31. The highest BCUT2D eigenvalue weighted by atomic mass is 35.5. The molecule has 1 heterocycles. The zero-order valence-electron chi connectivity index (χ0n) is 11.4. The van der Waals surface area contributed by atoms with E-state index in [-0.39, 0.29) is 18.0 Å². The number of pyridine rings is 1. The largest absolute Gasteiger partial charge is 0.464 e. The molecule has 1 aromatic carbocycles. The SMILES string of the molecule is CC(C)COC(=O)Cn1ccc2ccc(Cl)cc2c1=O. The van der Waals surface area contributed by atoms with Gasteiger partial charge in [-0.2, -0.15) is 0 Å². The number of hydrogen-bond acceptors (Lipinski definition) is 3. The van der Waals surface area contributed by atoms with Crippen molar-refractivity contribution in [3.05, 3.63) is 45.8 Å². The number of carbonyl (C=O) groups excluding carboxylic acids is 1. The Labute approximate surface area is 121 Å². The van der Waals surface area contributed by atoms with Gasteiger partial charge in [-0.1, -0.05) is 31.5 Å². The Hall–Kier alpha value is -1.81. The summed E-state index contributed by atoms with van der Waals surface area (Å²) in [6, 6.07) is 6.89. The summed E-state index contributed by atoms with van der Waals surface area (Å²) in [6.07, 6.45) is 1.59. The number of rotatable bonds is 4. The minimum Gasteiger partial charge on any atom is -0.464 e. The van der Waals surface area contributed by atoms with Gasteiger partial charge in [-0.05, 0) is 29.5 Å². The number of aromatic nitrogens is 1. The van der Waals surface area contributed by atoms with Crippen LogP contribution in [-0.4, -0.2) is 17.1 Å². The van der Waals surface area contributed by atoms with Crippen LogP contribution in [0.1, 0.15) is 13.8 Å². The highest BCUT2D eigenvalue weighted by Crippen LogP contribution is 2.15. The van der Waals surface area contributed by atoms with Crippen LogP contribution in [0, 0.1) is 5.92 Å². The lowest BCUT2D eigenvalue weighted by molar-refractivity contribution is -0.145. The van der Waals surface area contributed by atoms with Crippen molar-refractivity contribution in [2.75, 3.05) is 6.61 Å². The van der Waals surface area contributed by atoms with E-state index < -0.39 is 5.97 Å². The van der Waals surface area contributed by atoms with Crippen molar-refractivity contribution in [2.24, 2.45) is 5.92 Å². The van der Waals surface area contributed by atoms with Gasteiger partial charge in [0.1, 0.15) is 6.54 Å². The molecule has 4 nitrogen and oxygen atoms in total. The number of carbonyl (C=O) groups is 1. The fourth-order valence-electron chi connectivity index (χ4n) is 1.82. The van der Waals surface area contributed by atoms with E-state index in [0.717, 1.165) is 5.39 Å². The van der Waals surface area contributed by atoms with Crippen LogP contribution in [0.15, 0.2) is 35.3 Å². The van der Waals surface area contributed by atoms with Gasteiger partial charge in [0.05, 0.1) is 6.61 Å². The number of ether oxygens (including phenoxy) is 1. The van der Waals surface area contributed by atoms with Crippen molar-refractivity contribution in [3.63, 3.8) is 0 Å². The molecule has 1 aromatic heterocycles. The van der Waals surface area contributed by atoms with Crippen LogP contribution in [-0.2, 0) is 16.1 Å². The second kappa shape index (κ2) is 6.09. The van der Waals surface area contributed by atoms with Crippen LogP contribution in [0.25, 0.3) is 10.8 Å². The Bertz CT molecular complexity index is 691. The first kappa shape index (κ1) is 14.6. The Morgan fingerprint density at radius 3 is 2.80 bits per heavy atom. The molecule has 0 aliphatic carbocycles. The number of halogens is 1. The van der Waals surface area contributed by atoms with Crippen LogP contribution >= 0.6 is 11.6 Å². The first-order valence-corrected chi connectivity index (χ1v) is 6.79. The molecule has 0 saturated heterocycles. The first-order valence-electron chi connectivity index (χ1n) is 6.41. The zero-order chi connectivity index (χ0) is 14.7. The third-order valence-corrected chi connectivity index (χ3v) is 3.05. The molecule has 0 bridgehead atoms. The van der Waals surface area contributed by atoms with Gasteiger partial charge in [0.15, 0.2) is 0 Å². The quantitative estimate of drug-likeness (QED) is 0.815. The molecule has 0 N–H and O–H groups in total. The van der Waals surface area contributed by atoms with Gasteiger partial charge >= 0.3 is 5.97 Å². The van der Waals surface area contributed by atoms with Gasteiger partial charge in [-0.3, -0.25) is 9.59 Å². The molecule has 0 radical (unpaired) electrons. The molecule has 2 rings (SSSR count). The van der Waals surface area contributed by atoms with Crippen LogP contribution in [0.3, 0.4) is 0 Å². The summed E-state index contributed by atoms with van der Waals surface area (Å²) in [7, 11) is 0. The molecule has 0 fully saturated rings. The minimum absolute atomic E-state index is 0.0893. The van der Waals surface area contributed by atoms with Crippen molar-refractivity contribution in [1.29, 1.82) is 0 Å². The molecule has 0 saturated carbocycles. The van der Waals surface area contributed by atoms with Gasteiger partial charge in [-0.15, -0.1) is 0 Å². The Morgan fingerprint density at radius 1 is 1.35 bits per heavy atom. The molecule has 0 aliphatic rings. The second-order valence-corrected chi connectivity index (χ2v) is 5.49. The molecular weight excluding hydrogens is 278 g/mol. The number of esters is 1. The minimum atomic E-state index is -0.415. The summed E-state index contributed by atoms with van der Waals surface area (Å²) < 4.78 is 6.41. The van der Waals surface area contributed by atoms with Gasteiger partial charge in [-0.25, -0.2) is 0 Å². The predicted octanol–water partition coefficient (Wildman–Crippen LogP) is 2.85. The summed E-state index contributed by atoms with van der Waals surface area (Å²) in [5.41, 5.74) is -0.244. The molecule has 5 heteroatoms. The summed E-state index contributed by atoms with van der Waals surface area (Å²) in [6.45, 7) is 4.18. The molecule has 2 aromatic rings. The number of nitrogens with zero attached hydrogens (tertiary/aromatic N) is 1. The molecule has 106 valence electrons. The second-order valence-electron chi connectivity index (χ2n) is 5.06. The molecular formula is C15H16ClNO3. The highest BCUT2D eigenvalue weighted by Gasteiger charge is 2.09. The van der Waals surface area contributed by atoms with E-state index in [1.165, 1.54) is 4.57 Å². The zero-order valence-corrected chi connectivity index (χ0v) is 12.2. The van der Waals surface area contributed by atoms with E-state index in [1.54, 1.807) is 30.5 Å². The van der Waals surface area contributed by atoms with Crippen LogP contribution in [0.2, 0.25) is 5.02 Å². The van der Waals surface area contributed by atoms with Crippen molar-refractivity contribution in [2.45, 2.75) is 20.4 Å². The average Bonchev–Trinajstić information content (AvgIpc) is 2.40. The van der Waals surface area contributed by atoms with E-state index >= 15 is 0 Å². The molecule has 0 unspecified atom stereocenters. The van der Waals surface area contributed by atoms with Crippen LogP contribution in [0.5, 0.6) is 0 Å². The number of fused-ring (bicyclic) bond motifs is 1. The fraction of sp³-hybridized carbons (Fsp3) is 0.333.